The fourth-order valence-electron chi connectivity index (χ4n) is 2.97. The molecule has 0 bridgehead atoms. The number of rotatable bonds is 6. The number of nitrogens with one attached hydrogen (secondary N) is 1. The van der Waals surface area contributed by atoms with E-state index in [0.717, 1.165) is 30.1 Å². The van der Waals surface area contributed by atoms with Crippen molar-refractivity contribution < 1.29 is 14.3 Å². The predicted octanol–water partition coefficient (Wildman–Crippen LogP) is 3.62. The number of amides is 1. The first-order valence-corrected chi connectivity index (χ1v) is 8.58. The maximum Gasteiger partial charge on any atom is 0.262 e. The number of anilines is 2. The minimum atomic E-state index is -0.173. The van der Waals surface area contributed by atoms with Crippen molar-refractivity contribution in [3.63, 3.8) is 0 Å². The number of hydrogen-bond donors (Lipinski definition) is 1. The second-order valence-corrected chi connectivity index (χ2v) is 6.21. The second-order valence-electron chi connectivity index (χ2n) is 6.21. The van der Waals surface area contributed by atoms with Crippen LogP contribution in [0, 0.1) is 6.92 Å². The Morgan fingerprint density at radius 1 is 1.08 bits per heavy atom. The van der Waals surface area contributed by atoms with E-state index in [2.05, 4.69) is 22.3 Å². The Labute approximate surface area is 148 Å². The van der Waals surface area contributed by atoms with Gasteiger partial charge in [-0.25, -0.2) is 0 Å². The first kappa shape index (κ1) is 17.1. The molecule has 0 saturated carbocycles. The van der Waals surface area contributed by atoms with E-state index in [9.17, 15) is 4.79 Å². The normalized spacial score (nSPS) is 13.6. The molecule has 1 aliphatic rings. The molecule has 0 unspecified atom stereocenters. The van der Waals surface area contributed by atoms with E-state index in [-0.39, 0.29) is 12.5 Å². The SMILES string of the molecule is COc1ccc(OCC(=O)Nc2ccc(N3CCCC3)cc2C)cc1. The largest absolute Gasteiger partial charge is 0.497 e. The third-order valence-electron chi connectivity index (χ3n) is 4.38. The second kappa shape index (κ2) is 7.92. The minimum Gasteiger partial charge on any atom is -0.497 e. The van der Waals surface area contributed by atoms with E-state index in [1.165, 1.54) is 18.5 Å². The van der Waals surface area contributed by atoms with Gasteiger partial charge in [-0.05, 0) is 67.8 Å². The number of carbonyl (C=O) groups is 1. The molecular weight excluding hydrogens is 316 g/mol. The first-order chi connectivity index (χ1) is 12.2. The zero-order valence-electron chi connectivity index (χ0n) is 14.7. The molecule has 3 rings (SSSR count). The number of hydrogen-bond acceptors (Lipinski definition) is 4. The highest BCUT2D eigenvalue weighted by Gasteiger charge is 2.13. The van der Waals surface area contributed by atoms with Gasteiger partial charge in [-0.3, -0.25) is 4.79 Å². The van der Waals surface area contributed by atoms with Crippen LogP contribution in [0.3, 0.4) is 0 Å². The van der Waals surface area contributed by atoms with E-state index in [1.54, 1.807) is 31.4 Å². The number of benzene rings is 2. The van der Waals surface area contributed by atoms with Crippen LogP contribution in [-0.4, -0.2) is 32.7 Å². The first-order valence-electron chi connectivity index (χ1n) is 8.58. The Hall–Kier alpha value is -2.69. The van der Waals surface area contributed by atoms with Crippen LogP contribution in [0.1, 0.15) is 18.4 Å². The van der Waals surface area contributed by atoms with Crippen LogP contribution < -0.4 is 19.7 Å². The Bertz CT molecular complexity index is 722. The van der Waals surface area contributed by atoms with Crippen molar-refractivity contribution in [1.29, 1.82) is 0 Å². The summed E-state index contributed by atoms with van der Waals surface area (Å²) in [5.74, 6) is 1.22. The van der Waals surface area contributed by atoms with Crippen molar-refractivity contribution in [1.82, 2.24) is 0 Å². The molecule has 1 heterocycles. The van der Waals surface area contributed by atoms with Crippen molar-refractivity contribution in [2.45, 2.75) is 19.8 Å². The molecule has 2 aromatic carbocycles. The van der Waals surface area contributed by atoms with Crippen LogP contribution in [-0.2, 0) is 4.79 Å². The summed E-state index contributed by atoms with van der Waals surface area (Å²) in [6.45, 7) is 4.21. The molecular formula is C20H24N2O3. The highest BCUT2D eigenvalue weighted by Crippen LogP contribution is 2.25. The topological polar surface area (TPSA) is 50.8 Å². The maximum absolute atomic E-state index is 12.1. The monoisotopic (exact) mass is 340 g/mol. The van der Waals surface area contributed by atoms with Gasteiger partial charge in [0.1, 0.15) is 11.5 Å². The maximum atomic E-state index is 12.1. The molecule has 1 saturated heterocycles. The summed E-state index contributed by atoms with van der Waals surface area (Å²) in [6, 6.07) is 13.3. The standard InChI is InChI=1S/C20H24N2O3/c1-15-13-16(22-11-3-4-12-22)5-10-19(15)21-20(23)14-25-18-8-6-17(24-2)7-9-18/h5-10,13H,3-4,11-12,14H2,1-2H3,(H,21,23). The molecule has 1 N–H and O–H groups in total. The molecule has 5 nitrogen and oxygen atoms in total. The van der Waals surface area contributed by atoms with Gasteiger partial charge in [0.05, 0.1) is 7.11 Å². The fraction of sp³-hybridized carbons (Fsp3) is 0.350. The summed E-state index contributed by atoms with van der Waals surface area (Å²) in [5.41, 5.74) is 3.11. The number of nitrogens with zero attached hydrogens (tertiary/aromatic N) is 1. The summed E-state index contributed by atoms with van der Waals surface area (Å²) >= 11 is 0. The number of methoxy groups -OCH3 is 1. The molecule has 132 valence electrons. The quantitative estimate of drug-likeness (QED) is 0.872. The Balaban J connectivity index is 1.54. The number of aryl methyl sites for hydroxylation is 1. The van der Waals surface area contributed by atoms with Crippen LogP contribution in [0.5, 0.6) is 11.5 Å². The van der Waals surface area contributed by atoms with Crippen LogP contribution in [0.25, 0.3) is 0 Å². The molecule has 2 aromatic rings. The molecule has 0 aliphatic carbocycles. The molecule has 1 amide bonds. The molecule has 0 atom stereocenters. The van der Waals surface area contributed by atoms with Crippen molar-refractivity contribution in [2.75, 3.05) is 37.0 Å². The molecule has 0 aromatic heterocycles. The average Bonchev–Trinajstić information content (AvgIpc) is 3.17. The fourth-order valence-corrected chi connectivity index (χ4v) is 2.97. The number of carbonyl (C=O) groups excluding carboxylic acids is 1. The number of ether oxygens (including phenoxy) is 2. The van der Waals surface area contributed by atoms with Crippen LogP contribution in [0.2, 0.25) is 0 Å². The lowest BCUT2D eigenvalue weighted by Gasteiger charge is -2.19. The Morgan fingerprint density at radius 2 is 1.76 bits per heavy atom. The molecule has 1 aliphatic heterocycles. The van der Waals surface area contributed by atoms with Crippen molar-refractivity contribution in [2.24, 2.45) is 0 Å². The van der Waals surface area contributed by atoms with Gasteiger partial charge in [-0.2, -0.15) is 0 Å². The van der Waals surface area contributed by atoms with E-state index < -0.39 is 0 Å². The summed E-state index contributed by atoms with van der Waals surface area (Å²) < 4.78 is 10.6. The van der Waals surface area contributed by atoms with Gasteiger partial charge in [0.25, 0.3) is 5.91 Å². The Kier molecular flexibility index (Phi) is 5.43. The molecule has 0 spiro atoms. The zero-order chi connectivity index (χ0) is 17.6. The summed E-state index contributed by atoms with van der Waals surface area (Å²) in [5, 5.41) is 2.91. The van der Waals surface area contributed by atoms with Crippen LogP contribution >= 0.6 is 0 Å². The van der Waals surface area contributed by atoms with Gasteiger partial charge in [-0.1, -0.05) is 0 Å². The van der Waals surface area contributed by atoms with Gasteiger partial charge >= 0.3 is 0 Å². The lowest BCUT2D eigenvalue weighted by molar-refractivity contribution is -0.118. The van der Waals surface area contributed by atoms with E-state index in [4.69, 9.17) is 9.47 Å². The van der Waals surface area contributed by atoms with Gasteiger partial charge in [-0.15, -0.1) is 0 Å². The average molecular weight is 340 g/mol. The molecule has 25 heavy (non-hydrogen) atoms. The lowest BCUT2D eigenvalue weighted by atomic mass is 10.1. The van der Waals surface area contributed by atoms with Crippen molar-refractivity contribution >= 4 is 17.3 Å². The third-order valence-corrected chi connectivity index (χ3v) is 4.38. The van der Waals surface area contributed by atoms with Gasteiger partial charge in [0, 0.05) is 24.5 Å². The highest BCUT2D eigenvalue weighted by molar-refractivity contribution is 5.92. The predicted molar refractivity (Wildman–Crippen MR) is 99.7 cm³/mol. The van der Waals surface area contributed by atoms with Gasteiger partial charge in [0.2, 0.25) is 0 Å². The minimum absolute atomic E-state index is 0.0281. The summed E-state index contributed by atoms with van der Waals surface area (Å²) in [4.78, 5) is 14.5. The van der Waals surface area contributed by atoms with Gasteiger partial charge < -0.3 is 19.7 Å². The molecule has 0 radical (unpaired) electrons. The van der Waals surface area contributed by atoms with Crippen molar-refractivity contribution in [3.8, 4) is 11.5 Å². The molecule has 1 fully saturated rings. The van der Waals surface area contributed by atoms with Gasteiger partial charge in [0.15, 0.2) is 6.61 Å². The van der Waals surface area contributed by atoms with E-state index >= 15 is 0 Å². The summed E-state index contributed by atoms with van der Waals surface area (Å²) in [7, 11) is 1.61. The summed E-state index contributed by atoms with van der Waals surface area (Å²) in [6.07, 6.45) is 2.50. The third kappa shape index (κ3) is 4.44. The zero-order valence-corrected chi connectivity index (χ0v) is 14.7. The lowest BCUT2D eigenvalue weighted by Crippen LogP contribution is -2.21. The Morgan fingerprint density at radius 3 is 2.40 bits per heavy atom. The van der Waals surface area contributed by atoms with Crippen LogP contribution in [0.15, 0.2) is 42.5 Å². The van der Waals surface area contributed by atoms with E-state index in [1.807, 2.05) is 13.0 Å². The van der Waals surface area contributed by atoms with Crippen molar-refractivity contribution in [3.05, 3.63) is 48.0 Å². The molecule has 5 heteroatoms. The highest BCUT2D eigenvalue weighted by atomic mass is 16.5. The smallest absolute Gasteiger partial charge is 0.262 e. The van der Waals surface area contributed by atoms with E-state index in [0.29, 0.717) is 5.75 Å². The van der Waals surface area contributed by atoms with Crippen LogP contribution in [0.4, 0.5) is 11.4 Å².